The van der Waals surface area contributed by atoms with E-state index in [9.17, 15) is 9.90 Å². The third-order valence-electron chi connectivity index (χ3n) is 3.22. The topological polar surface area (TPSA) is 58.6 Å². The van der Waals surface area contributed by atoms with Crippen LogP contribution < -0.4 is 10.1 Å². The zero-order valence-electron chi connectivity index (χ0n) is 12.0. The van der Waals surface area contributed by atoms with E-state index in [0.717, 1.165) is 5.56 Å². The first-order valence-corrected chi connectivity index (χ1v) is 6.86. The van der Waals surface area contributed by atoms with Gasteiger partial charge in [0, 0.05) is 12.1 Å². The molecule has 4 heteroatoms. The van der Waals surface area contributed by atoms with Gasteiger partial charge in [-0.25, -0.2) is 0 Å². The van der Waals surface area contributed by atoms with Crippen molar-refractivity contribution in [2.75, 3.05) is 13.7 Å². The highest BCUT2D eigenvalue weighted by molar-refractivity contribution is 5.94. The van der Waals surface area contributed by atoms with Gasteiger partial charge >= 0.3 is 0 Å². The summed E-state index contributed by atoms with van der Waals surface area (Å²) in [6.07, 6.45) is -0.100. The monoisotopic (exact) mass is 285 g/mol. The van der Waals surface area contributed by atoms with Crippen molar-refractivity contribution in [1.29, 1.82) is 0 Å². The Morgan fingerprint density at radius 3 is 2.67 bits per heavy atom. The third-order valence-corrected chi connectivity index (χ3v) is 3.22. The molecule has 110 valence electrons. The second-order valence-electron chi connectivity index (χ2n) is 4.70. The van der Waals surface area contributed by atoms with Gasteiger partial charge in [0.15, 0.2) is 0 Å². The first-order chi connectivity index (χ1) is 10.2. The van der Waals surface area contributed by atoms with Gasteiger partial charge in [-0.3, -0.25) is 4.79 Å². The van der Waals surface area contributed by atoms with E-state index in [2.05, 4.69) is 5.32 Å². The van der Waals surface area contributed by atoms with Crippen molar-refractivity contribution < 1.29 is 14.6 Å². The summed E-state index contributed by atoms with van der Waals surface area (Å²) in [5, 5.41) is 12.8. The van der Waals surface area contributed by atoms with Gasteiger partial charge in [-0.05, 0) is 30.2 Å². The fourth-order valence-electron chi connectivity index (χ4n) is 2.03. The molecule has 2 rings (SSSR count). The van der Waals surface area contributed by atoms with Crippen molar-refractivity contribution in [1.82, 2.24) is 5.32 Å². The van der Waals surface area contributed by atoms with Gasteiger partial charge in [-0.1, -0.05) is 36.4 Å². The van der Waals surface area contributed by atoms with E-state index in [1.165, 1.54) is 0 Å². The van der Waals surface area contributed by atoms with Crippen molar-refractivity contribution in [3.8, 4) is 5.75 Å². The van der Waals surface area contributed by atoms with E-state index in [1.807, 2.05) is 30.3 Å². The second kappa shape index (κ2) is 7.45. The quantitative estimate of drug-likeness (QED) is 0.857. The number of aliphatic hydroxyl groups excluding tert-OH is 1. The molecule has 2 aromatic rings. The summed E-state index contributed by atoms with van der Waals surface area (Å²) in [4.78, 5) is 12.0. The number of hydrogen-bond acceptors (Lipinski definition) is 3. The number of rotatable bonds is 6. The first-order valence-electron chi connectivity index (χ1n) is 6.86. The smallest absolute Gasteiger partial charge is 0.251 e. The number of nitrogens with one attached hydrogen (secondary N) is 1. The lowest BCUT2D eigenvalue weighted by Crippen LogP contribution is -2.25. The van der Waals surface area contributed by atoms with Crippen LogP contribution in [0.2, 0.25) is 0 Å². The highest BCUT2D eigenvalue weighted by atomic mass is 16.5. The van der Waals surface area contributed by atoms with Crippen LogP contribution in [0.4, 0.5) is 0 Å². The molecule has 0 spiro atoms. The van der Waals surface area contributed by atoms with Crippen molar-refractivity contribution in [2.45, 2.75) is 12.5 Å². The normalized spacial score (nSPS) is 11.7. The van der Waals surface area contributed by atoms with Gasteiger partial charge < -0.3 is 15.2 Å². The Labute approximate surface area is 124 Å². The zero-order chi connectivity index (χ0) is 15.1. The van der Waals surface area contributed by atoms with E-state index in [4.69, 9.17) is 4.74 Å². The number of carbonyl (C=O) groups is 1. The maximum absolute atomic E-state index is 12.0. The van der Waals surface area contributed by atoms with Gasteiger partial charge in [0.25, 0.3) is 5.91 Å². The number of carbonyl (C=O) groups excluding carboxylic acids is 1. The minimum absolute atomic E-state index is 0.172. The predicted molar refractivity (Wildman–Crippen MR) is 81.3 cm³/mol. The van der Waals surface area contributed by atoms with Crippen LogP contribution in [0.3, 0.4) is 0 Å². The van der Waals surface area contributed by atoms with E-state index < -0.39 is 6.10 Å². The highest BCUT2D eigenvalue weighted by Crippen LogP contribution is 2.15. The number of benzene rings is 2. The third kappa shape index (κ3) is 4.33. The van der Waals surface area contributed by atoms with Crippen molar-refractivity contribution in [2.24, 2.45) is 0 Å². The number of ether oxygens (including phenoxy) is 1. The Morgan fingerprint density at radius 2 is 1.95 bits per heavy atom. The number of aliphatic hydroxyl groups is 1. The molecule has 0 heterocycles. The summed E-state index contributed by atoms with van der Waals surface area (Å²) < 4.78 is 5.09. The van der Waals surface area contributed by atoms with Gasteiger partial charge in [0.05, 0.1) is 13.2 Å². The molecule has 2 aromatic carbocycles. The molecule has 1 atom stereocenters. The Bertz CT molecular complexity index is 584. The van der Waals surface area contributed by atoms with Crippen LogP contribution in [0.15, 0.2) is 54.6 Å². The molecule has 0 saturated heterocycles. The molecular weight excluding hydrogens is 266 g/mol. The largest absolute Gasteiger partial charge is 0.497 e. The SMILES string of the molecule is COc1cccc(C(=O)NCCC(O)c2ccccc2)c1. The second-order valence-corrected chi connectivity index (χ2v) is 4.70. The number of hydrogen-bond donors (Lipinski definition) is 2. The van der Waals surface area contributed by atoms with Gasteiger partial charge in [0.1, 0.15) is 5.75 Å². The average molecular weight is 285 g/mol. The molecule has 2 N–H and O–H groups in total. The van der Waals surface area contributed by atoms with E-state index in [-0.39, 0.29) is 5.91 Å². The van der Waals surface area contributed by atoms with Crippen molar-refractivity contribution in [3.05, 3.63) is 65.7 Å². The van der Waals surface area contributed by atoms with Crippen LogP contribution in [-0.2, 0) is 0 Å². The van der Waals surface area contributed by atoms with E-state index >= 15 is 0 Å². The number of amides is 1. The highest BCUT2D eigenvalue weighted by Gasteiger charge is 2.09. The molecule has 0 fully saturated rings. The van der Waals surface area contributed by atoms with E-state index in [1.54, 1.807) is 31.4 Å². The molecule has 1 amide bonds. The summed E-state index contributed by atoms with van der Waals surface area (Å²) in [6.45, 7) is 0.409. The Morgan fingerprint density at radius 1 is 1.19 bits per heavy atom. The Kier molecular flexibility index (Phi) is 5.35. The molecule has 0 aliphatic carbocycles. The summed E-state index contributed by atoms with van der Waals surface area (Å²) in [6, 6.07) is 16.4. The minimum atomic E-state index is -0.572. The maximum atomic E-state index is 12.0. The molecule has 0 radical (unpaired) electrons. The van der Waals surface area contributed by atoms with Crippen molar-refractivity contribution >= 4 is 5.91 Å². The average Bonchev–Trinajstić information content (AvgIpc) is 2.55. The van der Waals surface area contributed by atoms with Gasteiger partial charge in [0.2, 0.25) is 0 Å². The van der Waals surface area contributed by atoms with Gasteiger partial charge in [-0.2, -0.15) is 0 Å². The van der Waals surface area contributed by atoms with Crippen LogP contribution in [0, 0.1) is 0 Å². The summed E-state index contributed by atoms with van der Waals surface area (Å²) in [7, 11) is 1.56. The van der Waals surface area contributed by atoms with E-state index in [0.29, 0.717) is 24.3 Å². The molecular formula is C17H19NO3. The zero-order valence-corrected chi connectivity index (χ0v) is 12.0. The minimum Gasteiger partial charge on any atom is -0.497 e. The summed E-state index contributed by atoms with van der Waals surface area (Å²) in [5.74, 6) is 0.473. The fourth-order valence-corrected chi connectivity index (χ4v) is 2.03. The summed E-state index contributed by atoms with van der Waals surface area (Å²) in [5.41, 5.74) is 1.40. The molecule has 0 saturated carbocycles. The van der Waals surface area contributed by atoms with Crippen molar-refractivity contribution in [3.63, 3.8) is 0 Å². The Hall–Kier alpha value is -2.33. The molecule has 4 nitrogen and oxygen atoms in total. The Balaban J connectivity index is 1.84. The number of methoxy groups -OCH3 is 1. The summed E-state index contributed by atoms with van der Waals surface area (Å²) >= 11 is 0. The first kappa shape index (κ1) is 15.1. The van der Waals surface area contributed by atoms with Crippen LogP contribution in [0.25, 0.3) is 0 Å². The fraction of sp³-hybridized carbons (Fsp3) is 0.235. The lowest BCUT2D eigenvalue weighted by atomic mass is 10.1. The van der Waals surface area contributed by atoms with Crippen LogP contribution >= 0.6 is 0 Å². The lowest BCUT2D eigenvalue weighted by Gasteiger charge is -2.12. The van der Waals surface area contributed by atoms with Crippen LogP contribution in [0.5, 0.6) is 5.75 Å². The lowest BCUT2D eigenvalue weighted by molar-refractivity contribution is 0.0942. The maximum Gasteiger partial charge on any atom is 0.251 e. The molecule has 0 bridgehead atoms. The molecule has 0 aliphatic rings. The van der Waals surface area contributed by atoms with Gasteiger partial charge in [-0.15, -0.1) is 0 Å². The van der Waals surface area contributed by atoms with Crippen LogP contribution in [0.1, 0.15) is 28.4 Å². The molecule has 0 aromatic heterocycles. The van der Waals surface area contributed by atoms with Crippen LogP contribution in [-0.4, -0.2) is 24.7 Å². The molecule has 1 unspecified atom stereocenters. The standard InChI is InChI=1S/C17H19NO3/c1-21-15-9-5-8-14(12-15)17(20)18-11-10-16(19)13-6-3-2-4-7-13/h2-9,12,16,19H,10-11H2,1H3,(H,18,20). The molecule has 21 heavy (non-hydrogen) atoms. The molecule has 0 aliphatic heterocycles. The predicted octanol–water partition coefficient (Wildman–Crippen LogP) is 2.55.